The molecule has 2 aliphatic carbocycles. The molecule has 0 aromatic carbocycles. The van der Waals surface area contributed by atoms with Gasteiger partial charge >= 0.3 is 0 Å². The lowest BCUT2D eigenvalue weighted by Crippen LogP contribution is -2.19. The lowest BCUT2D eigenvalue weighted by Gasteiger charge is -2.23. The lowest BCUT2D eigenvalue weighted by atomic mass is 9.87. The highest BCUT2D eigenvalue weighted by Gasteiger charge is 2.21. The number of aromatic nitrogens is 4. The minimum Gasteiger partial charge on any atom is -0.310 e. The second kappa shape index (κ2) is 6.46. The Morgan fingerprint density at radius 1 is 1.04 bits per heavy atom. The smallest absolute Gasteiger partial charge is 0.262 e. The molecular weight excluding hydrogens is 288 g/mol. The van der Waals surface area contributed by atoms with Gasteiger partial charge in [0.15, 0.2) is 5.65 Å². The summed E-state index contributed by atoms with van der Waals surface area (Å²) in [5.41, 5.74) is 0.773. The fourth-order valence-corrected chi connectivity index (χ4v) is 4.34. The third kappa shape index (κ3) is 3.06. The van der Waals surface area contributed by atoms with Crippen molar-refractivity contribution in [1.29, 1.82) is 0 Å². The predicted octanol–water partition coefficient (Wildman–Crippen LogP) is 3.75. The molecule has 0 unspecified atom stereocenters. The van der Waals surface area contributed by atoms with Crippen LogP contribution in [0.3, 0.4) is 0 Å². The van der Waals surface area contributed by atoms with Gasteiger partial charge in [-0.15, -0.1) is 0 Å². The van der Waals surface area contributed by atoms with Crippen LogP contribution in [0, 0.1) is 5.92 Å². The van der Waals surface area contributed by atoms with Crippen LogP contribution in [-0.2, 0) is 6.42 Å². The molecule has 0 saturated heterocycles. The molecule has 0 spiro atoms. The van der Waals surface area contributed by atoms with E-state index in [0.29, 0.717) is 17.3 Å². The van der Waals surface area contributed by atoms with Gasteiger partial charge in [0.05, 0.1) is 12.2 Å². The van der Waals surface area contributed by atoms with Crippen LogP contribution in [-0.4, -0.2) is 19.7 Å². The lowest BCUT2D eigenvalue weighted by molar-refractivity contribution is 0.334. The van der Waals surface area contributed by atoms with E-state index in [0.717, 1.165) is 30.7 Å². The number of rotatable bonds is 3. The Morgan fingerprint density at radius 3 is 2.48 bits per heavy atom. The van der Waals surface area contributed by atoms with Gasteiger partial charge in [0.25, 0.3) is 5.56 Å². The SMILES string of the molecule is O=c1[nH]c(CC2CCCCC2)nc2c1cnn2C1CCCCC1. The largest absolute Gasteiger partial charge is 0.310 e. The Kier molecular flexibility index (Phi) is 4.19. The number of fused-ring (bicyclic) bond motifs is 1. The maximum absolute atomic E-state index is 12.4. The standard InChI is InChI=1S/C18H26N4O/c23-18-15-12-19-22(14-9-5-2-6-10-14)17(15)20-16(21-18)11-13-7-3-1-4-8-13/h12-14H,1-11H2,(H,20,21,23). The second-order valence-corrected chi connectivity index (χ2v) is 7.34. The summed E-state index contributed by atoms with van der Waals surface area (Å²) in [6, 6.07) is 0.415. The van der Waals surface area contributed by atoms with Crippen molar-refractivity contribution >= 4 is 11.0 Å². The predicted molar refractivity (Wildman–Crippen MR) is 90.5 cm³/mol. The van der Waals surface area contributed by atoms with E-state index in [4.69, 9.17) is 4.98 Å². The number of hydrogen-bond acceptors (Lipinski definition) is 3. The number of aromatic amines is 1. The molecule has 2 aromatic rings. The van der Waals surface area contributed by atoms with Gasteiger partial charge in [0.2, 0.25) is 0 Å². The third-order valence-electron chi connectivity index (χ3n) is 5.64. The summed E-state index contributed by atoms with van der Waals surface area (Å²) in [6.45, 7) is 0. The zero-order valence-electron chi connectivity index (χ0n) is 13.8. The van der Waals surface area contributed by atoms with E-state index in [1.807, 2.05) is 4.68 Å². The first-order chi connectivity index (χ1) is 11.3. The quantitative estimate of drug-likeness (QED) is 0.938. The molecule has 2 fully saturated rings. The van der Waals surface area contributed by atoms with Crippen LogP contribution >= 0.6 is 0 Å². The molecule has 2 heterocycles. The Hall–Kier alpha value is -1.65. The molecule has 2 saturated carbocycles. The van der Waals surface area contributed by atoms with E-state index in [-0.39, 0.29) is 5.56 Å². The number of H-pyrrole nitrogens is 1. The van der Waals surface area contributed by atoms with Crippen LogP contribution in [0.15, 0.2) is 11.0 Å². The minimum atomic E-state index is -0.0251. The average Bonchev–Trinajstić information content (AvgIpc) is 3.01. The van der Waals surface area contributed by atoms with Gasteiger partial charge in [0, 0.05) is 6.42 Å². The first-order valence-corrected chi connectivity index (χ1v) is 9.27. The van der Waals surface area contributed by atoms with Crippen LogP contribution in [0.4, 0.5) is 0 Å². The maximum atomic E-state index is 12.4. The van der Waals surface area contributed by atoms with Crippen molar-refractivity contribution in [2.45, 2.75) is 76.7 Å². The molecule has 124 valence electrons. The van der Waals surface area contributed by atoms with Crippen molar-refractivity contribution < 1.29 is 0 Å². The molecule has 4 rings (SSSR count). The van der Waals surface area contributed by atoms with E-state index in [1.165, 1.54) is 51.4 Å². The molecule has 0 atom stereocenters. The summed E-state index contributed by atoms with van der Waals surface area (Å²) < 4.78 is 2.02. The maximum Gasteiger partial charge on any atom is 0.262 e. The zero-order chi connectivity index (χ0) is 15.6. The molecule has 2 aliphatic rings. The van der Waals surface area contributed by atoms with Crippen LogP contribution in [0.5, 0.6) is 0 Å². The molecule has 0 amide bonds. The monoisotopic (exact) mass is 314 g/mol. The van der Waals surface area contributed by atoms with Gasteiger partial charge in [-0.25, -0.2) is 9.67 Å². The van der Waals surface area contributed by atoms with E-state index in [2.05, 4.69) is 10.1 Å². The molecule has 5 nitrogen and oxygen atoms in total. The zero-order valence-corrected chi connectivity index (χ0v) is 13.8. The van der Waals surface area contributed by atoms with Crippen LogP contribution in [0.1, 0.15) is 76.1 Å². The highest BCUT2D eigenvalue weighted by molar-refractivity contribution is 5.73. The molecule has 1 N–H and O–H groups in total. The van der Waals surface area contributed by atoms with Crippen LogP contribution in [0.2, 0.25) is 0 Å². The first kappa shape index (κ1) is 14.9. The summed E-state index contributed by atoms with van der Waals surface area (Å²) in [4.78, 5) is 20.2. The fraction of sp³-hybridized carbons (Fsp3) is 0.722. The molecule has 5 heteroatoms. The number of nitrogens with one attached hydrogen (secondary N) is 1. The van der Waals surface area contributed by atoms with Crippen LogP contribution in [0.25, 0.3) is 11.0 Å². The summed E-state index contributed by atoms with van der Waals surface area (Å²) in [7, 11) is 0. The van der Waals surface area contributed by atoms with Gasteiger partial charge in [0.1, 0.15) is 11.2 Å². The minimum absolute atomic E-state index is 0.0251. The van der Waals surface area contributed by atoms with Gasteiger partial charge in [-0.2, -0.15) is 5.10 Å². The number of nitrogens with zero attached hydrogens (tertiary/aromatic N) is 3. The van der Waals surface area contributed by atoms with Crippen molar-refractivity contribution in [3.63, 3.8) is 0 Å². The van der Waals surface area contributed by atoms with E-state index in [9.17, 15) is 4.79 Å². The Morgan fingerprint density at radius 2 is 1.74 bits per heavy atom. The van der Waals surface area contributed by atoms with Gasteiger partial charge in [-0.3, -0.25) is 4.79 Å². The van der Waals surface area contributed by atoms with E-state index < -0.39 is 0 Å². The molecule has 0 aliphatic heterocycles. The summed E-state index contributed by atoms with van der Waals surface area (Å²) >= 11 is 0. The third-order valence-corrected chi connectivity index (χ3v) is 5.64. The second-order valence-electron chi connectivity index (χ2n) is 7.34. The average molecular weight is 314 g/mol. The topological polar surface area (TPSA) is 63.6 Å². The highest BCUT2D eigenvalue weighted by Crippen LogP contribution is 2.30. The Labute approximate surface area is 136 Å². The van der Waals surface area contributed by atoms with Gasteiger partial charge in [-0.05, 0) is 18.8 Å². The van der Waals surface area contributed by atoms with E-state index in [1.54, 1.807) is 6.20 Å². The molecule has 23 heavy (non-hydrogen) atoms. The summed E-state index contributed by atoms with van der Waals surface area (Å²) in [5, 5.41) is 5.14. The van der Waals surface area contributed by atoms with Crippen molar-refractivity contribution in [1.82, 2.24) is 19.7 Å². The fourth-order valence-electron chi connectivity index (χ4n) is 4.34. The summed E-state index contributed by atoms with van der Waals surface area (Å²) in [5.74, 6) is 1.53. The number of hydrogen-bond donors (Lipinski definition) is 1. The van der Waals surface area contributed by atoms with Crippen molar-refractivity contribution in [2.24, 2.45) is 5.92 Å². The van der Waals surface area contributed by atoms with Crippen LogP contribution < -0.4 is 5.56 Å². The summed E-state index contributed by atoms with van der Waals surface area (Å²) in [6.07, 6.45) is 15.3. The van der Waals surface area contributed by atoms with Gasteiger partial charge < -0.3 is 4.98 Å². The Balaban J connectivity index is 1.65. The Bertz CT molecular complexity index is 720. The van der Waals surface area contributed by atoms with E-state index >= 15 is 0 Å². The van der Waals surface area contributed by atoms with Crippen molar-refractivity contribution in [2.75, 3.05) is 0 Å². The molecule has 0 bridgehead atoms. The molecular formula is C18H26N4O. The van der Waals surface area contributed by atoms with Crippen molar-refractivity contribution in [3.8, 4) is 0 Å². The normalized spacial score (nSPS) is 21.0. The van der Waals surface area contributed by atoms with Crippen molar-refractivity contribution in [3.05, 3.63) is 22.4 Å². The molecule has 0 radical (unpaired) electrons. The first-order valence-electron chi connectivity index (χ1n) is 9.27. The highest BCUT2D eigenvalue weighted by atomic mass is 16.1. The molecule has 2 aromatic heterocycles. The van der Waals surface area contributed by atoms with Gasteiger partial charge in [-0.1, -0.05) is 51.4 Å².